The maximum absolute atomic E-state index is 15.0. The van der Waals surface area contributed by atoms with Gasteiger partial charge in [0.25, 0.3) is 5.56 Å². The van der Waals surface area contributed by atoms with Gasteiger partial charge in [-0.15, -0.1) is 0 Å². The second-order valence-electron chi connectivity index (χ2n) is 9.80. The van der Waals surface area contributed by atoms with E-state index >= 15 is 4.39 Å². The summed E-state index contributed by atoms with van der Waals surface area (Å²) in [5.74, 6) is -0.615. The molecule has 0 unspecified atom stereocenters. The van der Waals surface area contributed by atoms with Crippen molar-refractivity contribution in [3.63, 3.8) is 0 Å². The summed E-state index contributed by atoms with van der Waals surface area (Å²) in [7, 11) is 0. The van der Waals surface area contributed by atoms with Gasteiger partial charge < -0.3 is 14.8 Å². The fraction of sp³-hybridized carbons (Fsp3) is 0.357. The fourth-order valence-electron chi connectivity index (χ4n) is 4.85. The minimum Gasteiger partial charge on any atom is -0.309 e. The summed E-state index contributed by atoms with van der Waals surface area (Å²) in [5.41, 5.74) is 1.36. The highest BCUT2D eigenvalue weighted by Crippen LogP contribution is 2.29. The van der Waals surface area contributed by atoms with E-state index in [9.17, 15) is 9.18 Å². The summed E-state index contributed by atoms with van der Waals surface area (Å²) in [4.78, 5) is 30.1. The Balaban J connectivity index is 1.37. The third-order valence-electron chi connectivity index (χ3n) is 6.91. The van der Waals surface area contributed by atoms with Crippen LogP contribution in [-0.4, -0.2) is 62.0 Å². The summed E-state index contributed by atoms with van der Waals surface area (Å²) in [6.07, 6.45) is 2.85. The summed E-state index contributed by atoms with van der Waals surface area (Å²) in [6.45, 7) is 12.0. The third kappa shape index (κ3) is 5.41. The maximum Gasteiger partial charge on any atom is 0.251 e. The molecule has 3 aromatic heterocycles. The van der Waals surface area contributed by atoms with Gasteiger partial charge in [-0.25, -0.2) is 23.7 Å². The molecule has 1 N–H and O–H groups in total. The van der Waals surface area contributed by atoms with Crippen LogP contribution in [0.25, 0.3) is 22.2 Å². The zero-order valence-electron chi connectivity index (χ0n) is 21.8. The molecule has 0 amide bonds. The molecule has 38 heavy (non-hydrogen) atoms. The normalized spacial score (nSPS) is 14.9. The lowest BCUT2D eigenvalue weighted by Gasteiger charge is -2.33. The quantitative estimate of drug-likeness (QED) is 0.383. The zero-order chi connectivity index (χ0) is 26.8. The maximum atomic E-state index is 15.0. The summed E-state index contributed by atoms with van der Waals surface area (Å²) < 4.78 is 31.3. The van der Waals surface area contributed by atoms with Crippen molar-refractivity contribution in [1.29, 1.82) is 0 Å². The number of pyridine rings is 2. The predicted octanol–water partition coefficient (Wildman–Crippen LogP) is 4.59. The number of hydrogen-bond acceptors (Lipinski definition) is 7. The first-order valence-electron chi connectivity index (χ1n) is 12.9. The number of rotatable bonds is 7. The average molecular weight is 520 g/mol. The number of fused-ring (bicyclic) bond motifs is 1. The van der Waals surface area contributed by atoms with Gasteiger partial charge in [0.05, 0.1) is 11.7 Å². The molecule has 8 nitrogen and oxygen atoms in total. The largest absolute Gasteiger partial charge is 0.309 e. The second kappa shape index (κ2) is 10.9. The number of hydrogen-bond donors (Lipinski definition) is 1. The molecule has 0 atom stereocenters. The molecule has 4 heterocycles. The molecule has 0 radical (unpaired) electrons. The van der Waals surface area contributed by atoms with Crippen molar-refractivity contribution in [2.45, 2.75) is 33.4 Å². The van der Waals surface area contributed by atoms with Gasteiger partial charge in [0.1, 0.15) is 17.3 Å². The van der Waals surface area contributed by atoms with Crippen molar-refractivity contribution in [3.05, 3.63) is 76.3 Å². The van der Waals surface area contributed by atoms with Crippen molar-refractivity contribution in [2.24, 2.45) is 0 Å². The van der Waals surface area contributed by atoms with E-state index in [4.69, 9.17) is 0 Å². The van der Waals surface area contributed by atoms with E-state index in [1.165, 1.54) is 22.8 Å². The van der Waals surface area contributed by atoms with E-state index in [0.717, 1.165) is 51.0 Å². The predicted molar refractivity (Wildman–Crippen MR) is 144 cm³/mol. The van der Waals surface area contributed by atoms with Gasteiger partial charge in [-0.2, -0.15) is 0 Å². The Kier molecular flexibility index (Phi) is 7.44. The van der Waals surface area contributed by atoms with Crippen LogP contribution < -0.4 is 10.9 Å². The van der Waals surface area contributed by atoms with Crippen LogP contribution in [0.3, 0.4) is 0 Å². The molecule has 0 bridgehead atoms. The van der Waals surface area contributed by atoms with Crippen LogP contribution in [0.4, 0.5) is 20.5 Å². The van der Waals surface area contributed by atoms with Crippen LogP contribution in [-0.2, 0) is 6.54 Å². The first-order chi connectivity index (χ1) is 18.3. The van der Waals surface area contributed by atoms with Crippen molar-refractivity contribution in [1.82, 2.24) is 29.3 Å². The lowest BCUT2D eigenvalue weighted by molar-refractivity contribution is 0.132. The van der Waals surface area contributed by atoms with E-state index in [1.807, 2.05) is 32.2 Å². The Hall–Kier alpha value is -3.76. The van der Waals surface area contributed by atoms with Crippen LogP contribution in [0.15, 0.2) is 53.6 Å². The van der Waals surface area contributed by atoms with Crippen LogP contribution in [0.5, 0.6) is 0 Å². The number of halogens is 2. The molecule has 0 spiro atoms. The van der Waals surface area contributed by atoms with Gasteiger partial charge in [0.2, 0.25) is 5.95 Å². The van der Waals surface area contributed by atoms with E-state index in [2.05, 4.69) is 37.0 Å². The number of aromatic nitrogens is 4. The summed E-state index contributed by atoms with van der Waals surface area (Å²) >= 11 is 0. The number of nitrogens with one attached hydrogen (secondary N) is 1. The SMILES string of the molecule is CCN1CCN(Cc2ccc(Nc3ncc(F)c(-c4cc(F)c5ccc(=O)n(C(C)C)c5c4)n3)nc2)CC1. The molecule has 1 fully saturated rings. The van der Waals surface area contributed by atoms with E-state index < -0.39 is 11.6 Å². The molecule has 1 saturated heterocycles. The molecule has 1 aliphatic rings. The molecule has 198 valence electrons. The van der Waals surface area contributed by atoms with Crippen LogP contribution >= 0.6 is 0 Å². The molecular formula is C28H31F2N7O. The van der Waals surface area contributed by atoms with E-state index in [0.29, 0.717) is 11.3 Å². The highest BCUT2D eigenvalue weighted by Gasteiger charge is 2.17. The highest BCUT2D eigenvalue weighted by molar-refractivity contribution is 5.85. The molecule has 1 aromatic carbocycles. The summed E-state index contributed by atoms with van der Waals surface area (Å²) in [5, 5.41) is 3.29. The minimum atomic E-state index is -0.699. The van der Waals surface area contributed by atoms with Crippen molar-refractivity contribution in [3.8, 4) is 11.3 Å². The molecule has 10 heteroatoms. The van der Waals surface area contributed by atoms with Crippen molar-refractivity contribution in [2.75, 3.05) is 38.0 Å². The first-order valence-corrected chi connectivity index (χ1v) is 12.9. The number of piperazine rings is 1. The lowest BCUT2D eigenvalue weighted by Crippen LogP contribution is -2.45. The smallest absolute Gasteiger partial charge is 0.251 e. The van der Waals surface area contributed by atoms with Crippen LogP contribution in [0.1, 0.15) is 32.4 Å². The average Bonchev–Trinajstić information content (AvgIpc) is 2.90. The van der Waals surface area contributed by atoms with Crippen molar-refractivity contribution < 1.29 is 8.78 Å². The van der Waals surface area contributed by atoms with E-state index in [-0.39, 0.29) is 34.2 Å². The van der Waals surface area contributed by atoms with Gasteiger partial charge in [-0.3, -0.25) is 9.69 Å². The minimum absolute atomic E-state index is 0.0715. The molecule has 1 aliphatic heterocycles. The highest BCUT2D eigenvalue weighted by atomic mass is 19.1. The Morgan fingerprint density at radius 2 is 1.71 bits per heavy atom. The van der Waals surface area contributed by atoms with Crippen molar-refractivity contribution >= 4 is 22.7 Å². The topological polar surface area (TPSA) is 79.2 Å². The Bertz CT molecular complexity index is 1500. The molecule has 0 aliphatic carbocycles. The molecule has 5 rings (SSSR count). The zero-order valence-corrected chi connectivity index (χ0v) is 21.8. The third-order valence-corrected chi connectivity index (χ3v) is 6.91. The monoisotopic (exact) mass is 519 g/mol. The number of benzene rings is 1. The standard InChI is InChI=1S/C28H31F2N7O/c1-4-35-9-11-36(12-10-35)17-19-5-7-25(31-15-19)33-28-32-16-23(30)27(34-28)20-13-22(29)21-6-8-26(38)37(18(2)3)24(21)14-20/h5-8,13-16,18H,4,9-12,17H2,1-3H3,(H,31,32,33,34). The van der Waals surface area contributed by atoms with Gasteiger partial charge in [0.15, 0.2) is 5.82 Å². The molecular weight excluding hydrogens is 488 g/mol. The van der Waals surface area contributed by atoms with Gasteiger partial charge >= 0.3 is 0 Å². The Morgan fingerprint density at radius 3 is 2.39 bits per heavy atom. The molecule has 4 aromatic rings. The van der Waals surface area contributed by atoms with Crippen LogP contribution in [0, 0.1) is 11.6 Å². The lowest BCUT2D eigenvalue weighted by atomic mass is 10.1. The number of nitrogens with zero attached hydrogens (tertiary/aromatic N) is 6. The second-order valence-corrected chi connectivity index (χ2v) is 9.80. The fourth-order valence-corrected chi connectivity index (χ4v) is 4.85. The summed E-state index contributed by atoms with van der Waals surface area (Å²) in [6, 6.07) is 9.21. The molecule has 0 saturated carbocycles. The van der Waals surface area contributed by atoms with Crippen LogP contribution in [0.2, 0.25) is 0 Å². The van der Waals surface area contributed by atoms with Gasteiger partial charge in [-0.1, -0.05) is 13.0 Å². The van der Waals surface area contributed by atoms with E-state index in [1.54, 1.807) is 6.07 Å². The number of likely N-dealkylation sites (N-methyl/N-ethyl adjacent to an activating group) is 1. The van der Waals surface area contributed by atoms with Gasteiger partial charge in [0, 0.05) is 62.0 Å². The Labute approximate surface area is 220 Å². The number of anilines is 2. The Morgan fingerprint density at radius 1 is 0.947 bits per heavy atom. The van der Waals surface area contributed by atoms with Gasteiger partial charge in [-0.05, 0) is 50.2 Å². The first kappa shape index (κ1) is 25.9.